The molecule has 1 atom stereocenters. The minimum Gasteiger partial charge on any atom is -0.469 e. The van der Waals surface area contributed by atoms with Crippen molar-refractivity contribution in [3.8, 4) is 0 Å². The van der Waals surface area contributed by atoms with Gasteiger partial charge in [-0.25, -0.2) is 4.98 Å². The molecule has 3 aromatic rings. The molecule has 0 bridgehead atoms. The van der Waals surface area contributed by atoms with E-state index in [-0.39, 0.29) is 11.5 Å². The van der Waals surface area contributed by atoms with Crippen LogP contribution in [0.4, 0.5) is 5.82 Å². The summed E-state index contributed by atoms with van der Waals surface area (Å²) in [6.45, 7) is 1.43. The second kappa shape index (κ2) is 6.17. The van der Waals surface area contributed by atoms with E-state index in [0.717, 1.165) is 31.6 Å². The van der Waals surface area contributed by atoms with Crippen LogP contribution in [0.5, 0.6) is 0 Å². The Hall–Kier alpha value is -2.12. The van der Waals surface area contributed by atoms with Gasteiger partial charge in [-0.3, -0.25) is 4.57 Å². The van der Waals surface area contributed by atoms with Crippen LogP contribution < -0.4 is 5.32 Å². The van der Waals surface area contributed by atoms with Crippen LogP contribution in [0.3, 0.4) is 0 Å². The minimum absolute atomic E-state index is 0.0260. The van der Waals surface area contributed by atoms with Crippen molar-refractivity contribution >= 4 is 28.6 Å². The molecule has 120 valence electrons. The van der Waals surface area contributed by atoms with E-state index in [1.54, 1.807) is 12.6 Å². The van der Waals surface area contributed by atoms with E-state index in [9.17, 15) is 0 Å². The Morgan fingerprint density at radius 2 is 2.35 bits per heavy atom. The molecule has 1 N–H and O–H groups in total. The van der Waals surface area contributed by atoms with Crippen LogP contribution >= 0.6 is 11.6 Å². The zero-order valence-electron chi connectivity index (χ0n) is 12.4. The normalized spacial score (nSPS) is 17.9. The molecule has 0 spiro atoms. The maximum Gasteiger partial charge on any atom is 0.226 e. The first-order valence-corrected chi connectivity index (χ1v) is 7.97. The van der Waals surface area contributed by atoms with Crippen LogP contribution in [-0.2, 0) is 11.2 Å². The summed E-state index contributed by atoms with van der Waals surface area (Å²) in [4.78, 5) is 13.0. The third-order valence-electron chi connectivity index (χ3n) is 3.85. The van der Waals surface area contributed by atoms with E-state index in [4.69, 9.17) is 20.8 Å². The van der Waals surface area contributed by atoms with E-state index >= 15 is 0 Å². The first-order chi connectivity index (χ1) is 11.3. The summed E-state index contributed by atoms with van der Waals surface area (Å²) in [6.07, 6.45) is 6.12. The van der Waals surface area contributed by atoms with Gasteiger partial charge in [0.25, 0.3) is 0 Å². The number of aromatic nitrogens is 4. The van der Waals surface area contributed by atoms with Crippen molar-refractivity contribution in [3.05, 3.63) is 35.8 Å². The fourth-order valence-corrected chi connectivity index (χ4v) is 2.93. The lowest BCUT2D eigenvalue weighted by Crippen LogP contribution is -2.09. The number of furan rings is 1. The molecule has 3 aromatic heterocycles. The van der Waals surface area contributed by atoms with Gasteiger partial charge in [-0.05, 0) is 36.6 Å². The fourth-order valence-electron chi connectivity index (χ4n) is 2.76. The van der Waals surface area contributed by atoms with Crippen LogP contribution in [0.15, 0.2) is 29.1 Å². The summed E-state index contributed by atoms with van der Waals surface area (Å²) in [5, 5.41) is 3.45. The molecule has 7 nitrogen and oxygen atoms in total. The predicted molar refractivity (Wildman–Crippen MR) is 85.5 cm³/mol. The van der Waals surface area contributed by atoms with Gasteiger partial charge < -0.3 is 14.5 Å². The van der Waals surface area contributed by atoms with Gasteiger partial charge in [0.1, 0.15) is 12.0 Å². The third-order valence-corrected chi connectivity index (χ3v) is 4.02. The van der Waals surface area contributed by atoms with Crippen LogP contribution in [0, 0.1) is 0 Å². The van der Waals surface area contributed by atoms with Gasteiger partial charge in [-0.1, -0.05) is 0 Å². The van der Waals surface area contributed by atoms with Crippen molar-refractivity contribution < 1.29 is 9.15 Å². The monoisotopic (exact) mass is 333 g/mol. The number of nitrogens with zero attached hydrogens (tertiary/aromatic N) is 4. The van der Waals surface area contributed by atoms with Gasteiger partial charge in [-0.2, -0.15) is 9.97 Å². The van der Waals surface area contributed by atoms with Crippen molar-refractivity contribution in [3.63, 3.8) is 0 Å². The third kappa shape index (κ3) is 2.89. The number of fused-ring (bicyclic) bond motifs is 1. The Bertz CT molecular complexity index is 796. The summed E-state index contributed by atoms with van der Waals surface area (Å²) in [5.41, 5.74) is 1.39. The van der Waals surface area contributed by atoms with Crippen molar-refractivity contribution in [1.29, 1.82) is 0 Å². The Balaban J connectivity index is 1.58. The largest absolute Gasteiger partial charge is 0.469 e. The summed E-state index contributed by atoms with van der Waals surface area (Å²) in [7, 11) is 0. The summed E-state index contributed by atoms with van der Waals surface area (Å²) < 4.78 is 12.9. The molecule has 1 aliphatic rings. The molecule has 1 aliphatic heterocycles. The molecule has 0 radical (unpaired) electrons. The quantitative estimate of drug-likeness (QED) is 0.723. The molecule has 4 heterocycles. The maximum absolute atomic E-state index is 6.08. The average molecular weight is 334 g/mol. The van der Waals surface area contributed by atoms with E-state index in [2.05, 4.69) is 20.3 Å². The Morgan fingerprint density at radius 3 is 3.13 bits per heavy atom. The molecule has 23 heavy (non-hydrogen) atoms. The summed E-state index contributed by atoms with van der Waals surface area (Å²) in [6, 6.07) is 3.81. The van der Waals surface area contributed by atoms with Crippen molar-refractivity contribution in [1.82, 2.24) is 19.5 Å². The SMILES string of the molecule is Clc1nc(NCCc2ccco2)c2ncn(C3CCCO3)c2n1. The Kier molecular flexibility index (Phi) is 3.88. The lowest BCUT2D eigenvalue weighted by molar-refractivity contribution is 0.0593. The maximum atomic E-state index is 6.08. The van der Waals surface area contributed by atoms with Crippen LogP contribution in [-0.4, -0.2) is 32.7 Å². The van der Waals surface area contributed by atoms with Gasteiger partial charge in [0, 0.05) is 19.6 Å². The van der Waals surface area contributed by atoms with Gasteiger partial charge >= 0.3 is 0 Å². The van der Waals surface area contributed by atoms with Crippen molar-refractivity contribution in [2.45, 2.75) is 25.5 Å². The van der Waals surface area contributed by atoms with Gasteiger partial charge in [-0.15, -0.1) is 0 Å². The fraction of sp³-hybridized carbons (Fsp3) is 0.400. The first kappa shape index (κ1) is 14.5. The molecule has 1 unspecified atom stereocenters. The second-order valence-corrected chi connectivity index (χ2v) is 5.73. The number of ether oxygens (including phenoxy) is 1. The summed E-state index contributed by atoms with van der Waals surface area (Å²) in [5.74, 6) is 1.54. The number of halogens is 1. The van der Waals surface area contributed by atoms with Gasteiger partial charge in [0.2, 0.25) is 5.28 Å². The highest BCUT2D eigenvalue weighted by atomic mass is 35.5. The molecule has 0 aromatic carbocycles. The van der Waals surface area contributed by atoms with Gasteiger partial charge in [0.15, 0.2) is 17.0 Å². The number of anilines is 1. The molecule has 0 amide bonds. The van der Waals surface area contributed by atoms with Crippen LogP contribution in [0.1, 0.15) is 24.8 Å². The molecule has 1 fully saturated rings. The van der Waals surface area contributed by atoms with Gasteiger partial charge in [0.05, 0.1) is 12.6 Å². The highest BCUT2D eigenvalue weighted by Gasteiger charge is 2.22. The number of nitrogens with one attached hydrogen (secondary N) is 1. The highest BCUT2D eigenvalue weighted by Crippen LogP contribution is 2.28. The van der Waals surface area contributed by atoms with Crippen LogP contribution in [0.25, 0.3) is 11.2 Å². The highest BCUT2D eigenvalue weighted by molar-refractivity contribution is 6.28. The van der Waals surface area contributed by atoms with E-state index in [1.807, 2.05) is 16.7 Å². The van der Waals surface area contributed by atoms with Crippen molar-refractivity contribution in [2.24, 2.45) is 0 Å². The molecular weight excluding hydrogens is 318 g/mol. The molecule has 1 saturated heterocycles. The van der Waals surface area contributed by atoms with E-state index in [1.165, 1.54) is 0 Å². The van der Waals surface area contributed by atoms with Crippen LogP contribution in [0.2, 0.25) is 5.28 Å². The molecule has 8 heteroatoms. The lowest BCUT2D eigenvalue weighted by atomic mass is 10.3. The lowest BCUT2D eigenvalue weighted by Gasteiger charge is -2.12. The molecule has 0 aliphatic carbocycles. The molecular formula is C15H16ClN5O2. The Morgan fingerprint density at radius 1 is 1.39 bits per heavy atom. The number of rotatable bonds is 5. The number of hydrogen-bond acceptors (Lipinski definition) is 6. The standard InChI is InChI=1S/C15H16ClN5O2/c16-15-19-13(17-6-5-10-3-1-7-22-10)12-14(20-15)21(9-18-12)11-4-2-8-23-11/h1,3,7,9,11H,2,4-6,8H2,(H,17,19,20). The first-order valence-electron chi connectivity index (χ1n) is 7.59. The van der Waals surface area contributed by atoms with E-state index in [0.29, 0.717) is 23.5 Å². The average Bonchev–Trinajstić information content (AvgIpc) is 3.28. The number of hydrogen-bond donors (Lipinski definition) is 1. The number of imidazole rings is 1. The molecule has 0 saturated carbocycles. The summed E-state index contributed by atoms with van der Waals surface area (Å²) >= 11 is 6.08. The van der Waals surface area contributed by atoms with E-state index < -0.39 is 0 Å². The predicted octanol–water partition coefficient (Wildman–Crippen LogP) is 3.04. The zero-order chi connectivity index (χ0) is 15.6. The topological polar surface area (TPSA) is 78.0 Å². The zero-order valence-corrected chi connectivity index (χ0v) is 13.2. The molecule has 4 rings (SSSR count). The Labute approximate surface area is 137 Å². The second-order valence-electron chi connectivity index (χ2n) is 5.39. The minimum atomic E-state index is -0.0260. The smallest absolute Gasteiger partial charge is 0.226 e. The van der Waals surface area contributed by atoms with Crippen molar-refractivity contribution in [2.75, 3.05) is 18.5 Å².